The van der Waals surface area contributed by atoms with Gasteiger partial charge < -0.3 is 9.84 Å². The summed E-state index contributed by atoms with van der Waals surface area (Å²) in [6.45, 7) is 0. The monoisotopic (exact) mass is 296 g/mol. The second-order valence-electron chi connectivity index (χ2n) is 4.70. The molecule has 0 bridgehead atoms. The number of hydrogen-bond acceptors (Lipinski definition) is 4. The summed E-state index contributed by atoms with van der Waals surface area (Å²) >= 11 is 0. The highest BCUT2D eigenvalue weighted by Gasteiger charge is 2.07. The van der Waals surface area contributed by atoms with Crippen LogP contribution in [0.15, 0.2) is 60.7 Å². The van der Waals surface area contributed by atoms with E-state index in [4.69, 9.17) is 9.84 Å². The van der Waals surface area contributed by atoms with Gasteiger partial charge in [0.2, 0.25) is 0 Å². The Balaban J connectivity index is 1.78. The molecule has 4 nitrogen and oxygen atoms in total. The maximum atomic E-state index is 11.6. The van der Waals surface area contributed by atoms with Gasteiger partial charge in [0.15, 0.2) is 0 Å². The van der Waals surface area contributed by atoms with Crippen LogP contribution in [0.25, 0.3) is 6.08 Å². The Hall–Kier alpha value is -2.88. The summed E-state index contributed by atoms with van der Waals surface area (Å²) in [5.74, 6) is -1.11. The van der Waals surface area contributed by atoms with Crippen LogP contribution in [0.4, 0.5) is 0 Å². The van der Waals surface area contributed by atoms with Crippen LogP contribution in [0.1, 0.15) is 17.5 Å². The number of phenols is 1. The molecule has 2 aromatic rings. The quantitative estimate of drug-likeness (QED) is 0.523. The number of carbonyl (C=O) groups is 2. The first-order valence-corrected chi connectivity index (χ1v) is 6.89. The van der Waals surface area contributed by atoms with Crippen LogP contribution in [-0.4, -0.2) is 17.0 Å². The maximum Gasteiger partial charge on any atom is 0.338 e. The Labute approximate surface area is 128 Å². The number of phenolic OH excluding ortho intramolecular Hbond substituents is 1. The third-order valence-electron chi connectivity index (χ3n) is 2.98. The van der Waals surface area contributed by atoms with E-state index in [1.807, 2.05) is 30.3 Å². The van der Waals surface area contributed by atoms with Crippen molar-refractivity contribution in [1.82, 2.24) is 0 Å². The first kappa shape index (κ1) is 15.5. The average molecular weight is 296 g/mol. The van der Waals surface area contributed by atoms with Crippen molar-refractivity contribution in [2.75, 3.05) is 0 Å². The van der Waals surface area contributed by atoms with Crippen molar-refractivity contribution >= 4 is 18.0 Å². The Kier molecular flexibility index (Phi) is 5.49. The molecule has 0 heterocycles. The van der Waals surface area contributed by atoms with E-state index in [-0.39, 0.29) is 12.2 Å². The highest BCUT2D eigenvalue weighted by atomic mass is 16.6. The third-order valence-corrected chi connectivity index (χ3v) is 2.98. The van der Waals surface area contributed by atoms with Crippen LogP contribution in [-0.2, 0) is 20.7 Å². The molecule has 22 heavy (non-hydrogen) atoms. The predicted molar refractivity (Wildman–Crippen MR) is 83.0 cm³/mol. The lowest BCUT2D eigenvalue weighted by atomic mass is 10.1. The first-order valence-electron chi connectivity index (χ1n) is 6.89. The number of ether oxygens (including phenoxy) is 1. The zero-order valence-corrected chi connectivity index (χ0v) is 11.9. The van der Waals surface area contributed by atoms with E-state index in [0.29, 0.717) is 6.42 Å². The van der Waals surface area contributed by atoms with Gasteiger partial charge in [0, 0.05) is 6.08 Å². The Morgan fingerprint density at radius 3 is 2.36 bits per heavy atom. The van der Waals surface area contributed by atoms with Crippen LogP contribution in [0, 0.1) is 0 Å². The van der Waals surface area contributed by atoms with Gasteiger partial charge >= 0.3 is 11.9 Å². The molecule has 4 heteroatoms. The molecule has 1 N–H and O–H groups in total. The Morgan fingerprint density at radius 2 is 1.68 bits per heavy atom. The molecule has 0 aliphatic heterocycles. The number of benzene rings is 2. The summed E-state index contributed by atoms with van der Waals surface area (Å²) in [7, 11) is 0. The predicted octanol–water partition coefficient (Wildman–Crippen LogP) is 3.11. The summed E-state index contributed by atoms with van der Waals surface area (Å²) < 4.78 is 4.70. The highest BCUT2D eigenvalue weighted by Crippen LogP contribution is 2.11. The molecular formula is C18H16O4. The average Bonchev–Trinajstić information content (AvgIpc) is 2.53. The van der Waals surface area contributed by atoms with Crippen molar-refractivity contribution in [2.24, 2.45) is 0 Å². The van der Waals surface area contributed by atoms with Crippen LogP contribution in [0.3, 0.4) is 0 Å². The van der Waals surface area contributed by atoms with E-state index in [2.05, 4.69) is 0 Å². The zero-order valence-electron chi connectivity index (χ0n) is 11.9. The normalized spacial score (nSPS) is 10.5. The standard InChI is InChI=1S/C18H16O4/c19-16-10-6-15(7-11-16)9-13-18(21)22-17(20)12-8-14-4-2-1-3-5-14/h1-7,9-11,13,19H,8,12H2/b13-9+. The SMILES string of the molecule is O=C(/C=C/c1ccc(O)cc1)OC(=O)CCc1ccccc1. The molecule has 0 aliphatic carbocycles. The van der Waals surface area contributed by atoms with Gasteiger partial charge in [0.1, 0.15) is 5.75 Å². The van der Waals surface area contributed by atoms with Crippen LogP contribution < -0.4 is 0 Å². The molecule has 0 aromatic heterocycles. The summed E-state index contributed by atoms with van der Waals surface area (Å²) in [4.78, 5) is 23.1. The molecule has 0 atom stereocenters. The molecule has 0 radical (unpaired) electrons. The largest absolute Gasteiger partial charge is 0.508 e. The maximum absolute atomic E-state index is 11.6. The molecule has 2 rings (SSSR count). The molecule has 0 spiro atoms. The molecule has 0 aliphatic rings. The summed E-state index contributed by atoms with van der Waals surface area (Å²) in [5.41, 5.74) is 1.75. The van der Waals surface area contributed by atoms with Crippen LogP contribution in [0.5, 0.6) is 5.75 Å². The van der Waals surface area contributed by atoms with Crippen molar-refractivity contribution in [1.29, 1.82) is 0 Å². The second-order valence-corrected chi connectivity index (χ2v) is 4.70. The lowest BCUT2D eigenvalue weighted by Crippen LogP contribution is -2.10. The van der Waals surface area contributed by atoms with Crippen molar-refractivity contribution in [2.45, 2.75) is 12.8 Å². The lowest BCUT2D eigenvalue weighted by Gasteiger charge is -2.01. The summed E-state index contributed by atoms with van der Waals surface area (Å²) in [6.07, 6.45) is 3.40. The van der Waals surface area contributed by atoms with Crippen molar-refractivity contribution in [3.05, 3.63) is 71.8 Å². The van der Waals surface area contributed by atoms with Crippen molar-refractivity contribution in [3.8, 4) is 5.75 Å². The van der Waals surface area contributed by atoms with Gasteiger partial charge in [0.05, 0.1) is 6.42 Å². The third kappa shape index (κ3) is 5.25. The number of carbonyl (C=O) groups excluding carboxylic acids is 2. The first-order chi connectivity index (χ1) is 10.6. The molecule has 0 saturated carbocycles. The number of hydrogen-bond donors (Lipinski definition) is 1. The molecule has 112 valence electrons. The minimum absolute atomic E-state index is 0.149. The smallest absolute Gasteiger partial charge is 0.338 e. The van der Waals surface area contributed by atoms with E-state index in [0.717, 1.165) is 11.1 Å². The van der Waals surface area contributed by atoms with E-state index < -0.39 is 11.9 Å². The van der Waals surface area contributed by atoms with E-state index in [1.165, 1.54) is 24.3 Å². The molecule has 0 unspecified atom stereocenters. The minimum atomic E-state index is -0.703. The van der Waals surface area contributed by atoms with E-state index in [1.54, 1.807) is 12.1 Å². The van der Waals surface area contributed by atoms with Gasteiger partial charge in [-0.25, -0.2) is 4.79 Å². The molecule has 0 fully saturated rings. The van der Waals surface area contributed by atoms with Gasteiger partial charge in [-0.2, -0.15) is 0 Å². The van der Waals surface area contributed by atoms with Gasteiger partial charge in [-0.15, -0.1) is 0 Å². The van der Waals surface area contributed by atoms with Gasteiger partial charge in [-0.1, -0.05) is 42.5 Å². The van der Waals surface area contributed by atoms with E-state index in [9.17, 15) is 9.59 Å². The number of aryl methyl sites for hydroxylation is 1. The molecule has 2 aromatic carbocycles. The molecule has 0 amide bonds. The Morgan fingerprint density at radius 1 is 1.00 bits per heavy atom. The van der Waals surface area contributed by atoms with Crippen molar-refractivity contribution < 1.29 is 19.4 Å². The topological polar surface area (TPSA) is 63.6 Å². The lowest BCUT2D eigenvalue weighted by molar-refractivity contribution is -0.156. The molecular weight excluding hydrogens is 280 g/mol. The van der Waals surface area contributed by atoms with E-state index >= 15 is 0 Å². The number of aromatic hydroxyl groups is 1. The van der Waals surface area contributed by atoms with Gasteiger partial charge in [-0.05, 0) is 35.8 Å². The minimum Gasteiger partial charge on any atom is -0.508 e. The fourth-order valence-corrected chi connectivity index (χ4v) is 1.84. The highest BCUT2D eigenvalue weighted by molar-refractivity contribution is 5.94. The molecule has 0 saturated heterocycles. The second kappa shape index (κ2) is 7.78. The number of esters is 2. The summed E-state index contributed by atoms with van der Waals surface area (Å²) in [6, 6.07) is 15.8. The van der Waals surface area contributed by atoms with Gasteiger partial charge in [-0.3, -0.25) is 4.79 Å². The van der Waals surface area contributed by atoms with Crippen LogP contribution >= 0.6 is 0 Å². The number of rotatable bonds is 5. The zero-order chi connectivity index (χ0) is 15.8. The van der Waals surface area contributed by atoms with Crippen molar-refractivity contribution in [3.63, 3.8) is 0 Å². The fraction of sp³-hybridized carbons (Fsp3) is 0.111. The Bertz CT molecular complexity index is 657. The van der Waals surface area contributed by atoms with Crippen LogP contribution in [0.2, 0.25) is 0 Å². The van der Waals surface area contributed by atoms with Gasteiger partial charge in [0.25, 0.3) is 0 Å². The summed E-state index contributed by atoms with van der Waals surface area (Å²) in [5, 5.41) is 9.15. The fourth-order valence-electron chi connectivity index (χ4n) is 1.84.